The molecule has 1 unspecified atom stereocenters. The molecule has 2 aliphatic rings. The van der Waals surface area contributed by atoms with Crippen LogP contribution in [0.25, 0.3) is 0 Å². The van der Waals surface area contributed by atoms with E-state index in [1.165, 1.54) is 0 Å². The van der Waals surface area contributed by atoms with Crippen LogP contribution in [0.15, 0.2) is 11.3 Å². The number of carbonyl (C=O) groups is 5. The molecule has 28 heavy (non-hydrogen) atoms. The number of aliphatic hydroxyl groups excluding tert-OH is 1. The van der Waals surface area contributed by atoms with Crippen LogP contribution >= 0.6 is 11.8 Å². The normalized spacial score (nSPS) is 24.7. The average Bonchev–Trinajstić information content (AvgIpc) is 2.65. The van der Waals surface area contributed by atoms with Gasteiger partial charge in [0.1, 0.15) is 17.1 Å². The Hall–Kier alpha value is -2.64. The Kier molecular flexibility index (Phi) is 6.64. The maximum atomic E-state index is 12.7. The SMILES string of the molecule is NC(CCCC(=O)N[C@]1(NC=O)C(=O)N2C(C(=O)O)=C(CO)CS[C@@H]21)C(=O)O. The van der Waals surface area contributed by atoms with Crippen molar-refractivity contribution in [3.05, 3.63) is 11.3 Å². The number of amides is 3. The van der Waals surface area contributed by atoms with Crippen LogP contribution in [0.3, 0.4) is 0 Å². The molecule has 1 fully saturated rings. The van der Waals surface area contributed by atoms with Crippen molar-refractivity contribution in [2.24, 2.45) is 5.73 Å². The summed E-state index contributed by atoms with van der Waals surface area (Å²) in [5.41, 5.74) is 3.31. The zero-order valence-electron chi connectivity index (χ0n) is 14.6. The highest BCUT2D eigenvalue weighted by molar-refractivity contribution is 8.00. The zero-order chi connectivity index (χ0) is 21.1. The minimum atomic E-state index is -1.82. The number of thioether (sulfide) groups is 1. The molecule has 7 N–H and O–H groups in total. The van der Waals surface area contributed by atoms with Gasteiger partial charge >= 0.3 is 11.9 Å². The highest BCUT2D eigenvalue weighted by Crippen LogP contribution is 2.44. The fourth-order valence-corrected chi connectivity index (χ4v) is 4.42. The predicted molar refractivity (Wildman–Crippen MR) is 94.4 cm³/mol. The quantitative estimate of drug-likeness (QED) is 0.124. The molecule has 0 bridgehead atoms. The van der Waals surface area contributed by atoms with Gasteiger partial charge in [0.25, 0.3) is 5.91 Å². The van der Waals surface area contributed by atoms with Gasteiger partial charge in [0.15, 0.2) is 0 Å². The van der Waals surface area contributed by atoms with Crippen molar-refractivity contribution in [2.75, 3.05) is 12.4 Å². The monoisotopic (exact) mass is 416 g/mol. The second kappa shape index (κ2) is 8.58. The second-order valence-electron chi connectivity index (χ2n) is 6.21. The van der Waals surface area contributed by atoms with Gasteiger partial charge in [-0.1, -0.05) is 0 Å². The molecule has 0 saturated carbocycles. The largest absolute Gasteiger partial charge is 0.480 e. The van der Waals surface area contributed by atoms with E-state index in [-0.39, 0.29) is 42.7 Å². The molecule has 1 saturated heterocycles. The lowest BCUT2D eigenvalue weighted by Crippen LogP contribution is -2.85. The number of aliphatic hydroxyl groups is 1. The van der Waals surface area contributed by atoms with Gasteiger partial charge in [-0.2, -0.15) is 0 Å². The number of carboxylic acids is 2. The molecule has 0 aromatic carbocycles. The average molecular weight is 416 g/mol. The van der Waals surface area contributed by atoms with Crippen LogP contribution in [0, 0.1) is 0 Å². The molecule has 12 nitrogen and oxygen atoms in total. The third-order valence-corrected chi connectivity index (χ3v) is 5.80. The summed E-state index contributed by atoms with van der Waals surface area (Å²) in [7, 11) is 0. The molecule has 2 heterocycles. The van der Waals surface area contributed by atoms with Crippen molar-refractivity contribution < 1.29 is 39.3 Å². The van der Waals surface area contributed by atoms with E-state index in [0.29, 0.717) is 0 Å². The lowest BCUT2D eigenvalue weighted by atomic mass is 9.94. The number of hydrogen-bond acceptors (Lipinski definition) is 8. The van der Waals surface area contributed by atoms with E-state index >= 15 is 0 Å². The van der Waals surface area contributed by atoms with Crippen LogP contribution in [0.5, 0.6) is 0 Å². The third-order valence-electron chi connectivity index (χ3n) is 4.41. The summed E-state index contributed by atoms with van der Waals surface area (Å²) in [4.78, 5) is 59.1. The summed E-state index contributed by atoms with van der Waals surface area (Å²) in [6, 6.07) is -1.12. The van der Waals surface area contributed by atoms with Gasteiger partial charge in [-0.25, -0.2) is 4.79 Å². The van der Waals surface area contributed by atoms with Gasteiger partial charge in [0, 0.05) is 12.2 Å². The van der Waals surface area contributed by atoms with Gasteiger partial charge in [0.05, 0.1) is 6.61 Å². The first-order valence-electron chi connectivity index (χ1n) is 8.21. The summed E-state index contributed by atoms with van der Waals surface area (Å²) >= 11 is 1.08. The van der Waals surface area contributed by atoms with E-state index in [1.54, 1.807) is 0 Å². The fourth-order valence-electron chi connectivity index (χ4n) is 3.01. The number of carbonyl (C=O) groups excluding carboxylic acids is 3. The molecule has 0 aromatic rings. The van der Waals surface area contributed by atoms with Crippen molar-refractivity contribution in [2.45, 2.75) is 36.3 Å². The highest BCUT2D eigenvalue weighted by Gasteiger charge is 2.65. The van der Waals surface area contributed by atoms with Crippen molar-refractivity contribution in [3.63, 3.8) is 0 Å². The minimum Gasteiger partial charge on any atom is -0.480 e. The van der Waals surface area contributed by atoms with Gasteiger partial charge in [0.2, 0.25) is 18.0 Å². The molecule has 13 heteroatoms. The molecule has 0 radical (unpaired) electrons. The van der Waals surface area contributed by atoms with Crippen LogP contribution in [-0.2, 0) is 24.0 Å². The number of nitrogens with one attached hydrogen (secondary N) is 2. The van der Waals surface area contributed by atoms with E-state index in [1.807, 2.05) is 0 Å². The van der Waals surface area contributed by atoms with Crippen LogP contribution in [0.1, 0.15) is 19.3 Å². The molecule has 2 aliphatic heterocycles. The summed E-state index contributed by atoms with van der Waals surface area (Å²) in [6.45, 7) is -0.546. The Morgan fingerprint density at radius 3 is 2.61 bits per heavy atom. The Morgan fingerprint density at radius 1 is 1.39 bits per heavy atom. The molecule has 0 aromatic heterocycles. The lowest BCUT2D eigenvalue weighted by Gasteiger charge is -2.56. The van der Waals surface area contributed by atoms with Crippen LogP contribution in [0.4, 0.5) is 0 Å². The standard InChI is InChI=1S/C15H20N4O8S/c16-8(11(23)24)2-1-3-9(22)18-15(17-6-21)13(27)19-10(12(25)26)7(4-20)5-28-14(15)19/h6,8,14,20H,1-5,16H2,(H,17,21)(H,18,22)(H,23,24)(H,25,26)/t8?,14-,15-/m1/s1. The fraction of sp³-hybridized carbons (Fsp3) is 0.533. The molecule has 3 atom stereocenters. The van der Waals surface area contributed by atoms with Crippen LogP contribution in [0.2, 0.25) is 0 Å². The topological polar surface area (TPSA) is 199 Å². The maximum Gasteiger partial charge on any atom is 0.352 e. The number of nitrogens with zero attached hydrogens (tertiary/aromatic N) is 1. The van der Waals surface area contributed by atoms with Gasteiger partial charge < -0.3 is 31.7 Å². The predicted octanol–water partition coefficient (Wildman–Crippen LogP) is -2.63. The Morgan fingerprint density at radius 2 is 2.07 bits per heavy atom. The van der Waals surface area contributed by atoms with E-state index in [9.17, 15) is 34.2 Å². The molecule has 3 amide bonds. The smallest absolute Gasteiger partial charge is 0.352 e. The minimum absolute atomic E-state index is 0.0425. The number of β-lactam (4-membered cyclic amide) rings is 1. The molecule has 0 spiro atoms. The number of hydrogen-bond donors (Lipinski definition) is 6. The molecular formula is C15H20N4O8S. The Bertz CT molecular complexity index is 742. The number of carboxylic acid groups (broad SMARTS) is 2. The summed E-state index contributed by atoms with van der Waals surface area (Å²) in [6.07, 6.45) is 0.265. The zero-order valence-corrected chi connectivity index (χ0v) is 15.4. The number of rotatable bonds is 10. The number of aliphatic carboxylic acids is 2. The van der Waals surface area contributed by atoms with Crippen molar-refractivity contribution in [1.29, 1.82) is 0 Å². The Balaban J connectivity index is 2.13. The van der Waals surface area contributed by atoms with Gasteiger partial charge in [-0.05, 0) is 18.4 Å². The van der Waals surface area contributed by atoms with E-state index in [4.69, 9.17) is 10.8 Å². The summed E-state index contributed by atoms with van der Waals surface area (Å²) in [5.74, 6) is -3.99. The number of nitrogens with two attached hydrogens (primary N) is 1. The van der Waals surface area contributed by atoms with Gasteiger partial charge in [-0.3, -0.25) is 24.1 Å². The van der Waals surface area contributed by atoms with Crippen molar-refractivity contribution >= 4 is 41.9 Å². The first-order chi connectivity index (χ1) is 13.2. The molecule has 0 aliphatic carbocycles. The maximum absolute atomic E-state index is 12.7. The number of fused-ring (bicyclic) bond motifs is 1. The Labute approximate surface area is 163 Å². The molecule has 154 valence electrons. The summed E-state index contributed by atoms with van der Waals surface area (Å²) < 4.78 is 0. The lowest BCUT2D eigenvalue weighted by molar-refractivity contribution is -0.162. The first kappa shape index (κ1) is 21.7. The van der Waals surface area contributed by atoms with E-state index in [0.717, 1.165) is 16.7 Å². The second-order valence-corrected chi connectivity index (χ2v) is 7.28. The molecular weight excluding hydrogens is 396 g/mol. The van der Waals surface area contributed by atoms with Gasteiger partial charge in [-0.15, -0.1) is 11.8 Å². The third kappa shape index (κ3) is 3.81. The first-order valence-corrected chi connectivity index (χ1v) is 9.26. The highest BCUT2D eigenvalue weighted by atomic mass is 32.2. The van der Waals surface area contributed by atoms with Crippen molar-refractivity contribution in [3.8, 4) is 0 Å². The van der Waals surface area contributed by atoms with Crippen LogP contribution < -0.4 is 16.4 Å². The van der Waals surface area contributed by atoms with Crippen molar-refractivity contribution in [1.82, 2.24) is 15.5 Å². The van der Waals surface area contributed by atoms with Crippen LogP contribution in [-0.4, -0.2) is 79.8 Å². The van der Waals surface area contributed by atoms with E-state index in [2.05, 4.69) is 10.6 Å². The molecule has 2 rings (SSSR count). The van der Waals surface area contributed by atoms with E-state index < -0.39 is 47.4 Å². The summed E-state index contributed by atoms with van der Waals surface area (Å²) in [5, 5.41) is 31.2.